The maximum absolute atomic E-state index is 4.18. The normalized spacial score (nSPS) is 17.2. The molecule has 1 aromatic rings. The molecule has 3 nitrogen and oxygen atoms in total. The van der Waals surface area contributed by atoms with Crippen LogP contribution in [0.1, 0.15) is 12.8 Å². The summed E-state index contributed by atoms with van der Waals surface area (Å²) >= 11 is 1.97. The summed E-state index contributed by atoms with van der Waals surface area (Å²) in [5, 5.41) is 6.51. The van der Waals surface area contributed by atoms with Crippen molar-refractivity contribution < 1.29 is 0 Å². The Bertz CT molecular complexity index is 336. The zero-order valence-electron chi connectivity index (χ0n) is 9.21. The molecule has 4 heteroatoms. The molecule has 2 rings (SSSR count). The Morgan fingerprint density at radius 2 is 2.33 bits per heavy atom. The van der Waals surface area contributed by atoms with Crippen molar-refractivity contribution in [2.24, 2.45) is 0 Å². The Balaban J connectivity index is 1.93. The van der Waals surface area contributed by atoms with E-state index in [4.69, 9.17) is 0 Å². The predicted octanol–water partition coefficient (Wildman–Crippen LogP) is 2.43. The van der Waals surface area contributed by atoms with Crippen molar-refractivity contribution in [2.75, 3.05) is 30.5 Å². The first-order valence-corrected chi connectivity index (χ1v) is 6.43. The third-order valence-corrected chi connectivity index (χ3v) is 4.29. The summed E-state index contributed by atoms with van der Waals surface area (Å²) in [6.07, 6.45) is 6.70. The van der Waals surface area contributed by atoms with Crippen LogP contribution in [0, 0.1) is 0 Å². The van der Waals surface area contributed by atoms with Gasteiger partial charge in [-0.1, -0.05) is 0 Å². The van der Waals surface area contributed by atoms with Gasteiger partial charge in [-0.3, -0.25) is 0 Å². The molecule has 1 aliphatic carbocycles. The van der Waals surface area contributed by atoms with Gasteiger partial charge in [-0.2, -0.15) is 11.8 Å². The number of nitrogens with one attached hydrogen (secondary N) is 2. The first-order chi connectivity index (χ1) is 7.28. The lowest BCUT2D eigenvalue weighted by Crippen LogP contribution is -2.17. The van der Waals surface area contributed by atoms with Gasteiger partial charge in [0.2, 0.25) is 0 Å². The van der Waals surface area contributed by atoms with Crippen LogP contribution in [0.15, 0.2) is 18.3 Å². The maximum Gasteiger partial charge on any atom is 0.127 e. The summed E-state index contributed by atoms with van der Waals surface area (Å²) in [4.78, 5) is 4.18. The standard InChI is InChI=1S/C11H17N3S/c1-12-10-7-9(3-6-13-10)14-8-11(15-2)4-5-11/h3,6-7H,4-5,8H2,1-2H3,(H2,12,13,14). The van der Waals surface area contributed by atoms with E-state index in [1.807, 2.05) is 37.1 Å². The van der Waals surface area contributed by atoms with Crippen molar-refractivity contribution in [2.45, 2.75) is 17.6 Å². The summed E-state index contributed by atoms with van der Waals surface area (Å²) in [5.74, 6) is 0.911. The molecule has 1 aliphatic rings. The molecule has 0 amide bonds. The minimum Gasteiger partial charge on any atom is -0.383 e. The van der Waals surface area contributed by atoms with Gasteiger partial charge in [-0.05, 0) is 25.2 Å². The maximum atomic E-state index is 4.18. The first-order valence-electron chi connectivity index (χ1n) is 5.21. The van der Waals surface area contributed by atoms with E-state index in [0.29, 0.717) is 4.75 Å². The molecule has 0 saturated heterocycles. The molecule has 0 unspecified atom stereocenters. The van der Waals surface area contributed by atoms with Crippen LogP contribution in [0.4, 0.5) is 11.5 Å². The van der Waals surface area contributed by atoms with Crippen molar-refractivity contribution in [1.29, 1.82) is 0 Å². The average molecular weight is 223 g/mol. The average Bonchev–Trinajstić information content (AvgIpc) is 3.07. The summed E-state index contributed by atoms with van der Waals surface area (Å²) in [6, 6.07) is 4.05. The Morgan fingerprint density at radius 1 is 1.53 bits per heavy atom. The number of rotatable bonds is 5. The van der Waals surface area contributed by atoms with Crippen LogP contribution >= 0.6 is 11.8 Å². The van der Waals surface area contributed by atoms with Gasteiger partial charge in [0.1, 0.15) is 5.82 Å². The lowest BCUT2D eigenvalue weighted by atomic mass is 10.3. The second kappa shape index (κ2) is 4.31. The van der Waals surface area contributed by atoms with Gasteiger partial charge < -0.3 is 10.6 Å². The highest BCUT2D eigenvalue weighted by atomic mass is 32.2. The van der Waals surface area contributed by atoms with E-state index in [2.05, 4.69) is 21.9 Å². The van der Waals surface area contributed by atoms with E-state index >= 15 is 0 Å². The van der Waals surface area contributed by atoms with Crippen LogP contribution in [-0.4, -0.2) is 29.6 Å². The van der Waals surface area contributed by atoms with Crippen molar-refractivity contribution in [3.8, 4) is 0 Å². The van der Waals surface area contributed by atoms with Crippen LogP contribution in [0.5, 0.6) is 0 Å². The Hall–Kier alpha value is -0.900. The largest absolute Gasteiger partial charge is 0.383 e. The number of aromatic nitrogens is 1. The van der Waals surface area contributed by atoms with Crippen LogP contribution in [-0.2, 0) is 0 Å². The molecule has 1 saturated carbocycles. The number of hydrogen-bond donors (Lipinski definition) is 2. The van der Waals surface area contributed by atoms with Gasteiger partial charge in [0, 0.05) is 36.3 Å². The van der Waals surface area contributed by atoms with Crippen molar-refractivity contribution in [1.82, 2.24) is 4.98 Å². The molecule has 1 aromatic heterocycles. The van der Waals surface area contributed by atoms with E-state index in [0.717, 1.165) is 18.1 Å². The molecule has 0 bridgehead atoms. The number of thioether (sulfide) groups is 1. The Morgan fingerprint density at radius 3 is 2.93 bits per heavy atom. The van der Waals surface area contributed by atoms with E-state index in [1.54, 1.807) is 0 Å². The zero-order valence-corrected chi connectivity index (χ0v) is 10.0. The fourth-order valence-electron chi connectivity index (χ4n) is 1.53. The predicted molar refractivity (Wildman–Crippen MR) is 67.8 cm³/mol. The monoisotopic (exact) mass is 223 g/mol. The summed E-state index contributed by atoms with van der Waals surface area (Å²) in [7, 11) is 1.89. The molecular formula is C11H17N3S. The second-order valence-electron chi connectivity index (χ2n) is 3.92. The lowest BCUT2D eigenvalue weighted by molar-refractivity contribution is 0.949. The third-order valence-electron chi connectivity index (χ3n) is 2.87. The summed E-state index contributed by atoms with van der Waals surface area (Å²) in [5.41, 5.74) is 1.15. The third kappa shape index (κ3) is 2.56. The Kier molecular flexibility index (Phi) is 3.05. The number of pyridine rings is 1. The van der Waals surface area contributed by atoms with E-state index in [-0.39, 0.29) is 0 Å². The van der Waals surface area contributed by atoms with Gasteiger partial charge in [-0.15, -0.1) is 0 Å². The summed E-state index contributed by atoms with van der Waals surface area (Å²) < 4.78 is 0.503. The summed E-state index contributed by atoms with van der Waals surface area (Å²) in [6.45, 7) is 1.06. The second-order valence-corrected chi connectivity index (χ2v) is 5.19. The van der Waals surface area contributed by atoms with Crippen molar-refractivity contribution in [3.63, 3.8) is 0 Å². The topological polar surface area (TPSA) is 37.0 Å². The molecule has 82 valence electrons. The highest BCUT2D eigenvalue weighted by Crippen LogP contribution is 2.47. The van der Waals surface area contributed by atoms with Gasteiger partial charge in [0.05, 0.1) is 0 Å². The highest BCUT2D eigenvalue weighted by Gasteiger charge is 2.41. The minimum atomic E-state index is 0.503. The van der Waals surface area contributed by atoms with E-state index in [1.165, 1.54) is 12.8 Å². The molecule has 0 aromatic carbocycles. The Labute approximate surface area is 95.1 Å². The van der Waals surface area contributed by atoms with Gasteiger partial charge in [-0.25, -0.2) is 4.98 Å². The fraction of sp³-hybridized carbons (Fsp3) is 0.545. The lowest BCUT2D eigenvalue weighted by Gasteiger charge is -2.14. The molecule has 1 heterocycles. The SMILES string of the molecule is CNc1cc(NCC2(SC)CC2)ccn1. The van der Waals surface area contributed by atoms with Crippen LogP contribution in [0.3, 0.4) is 0 Å². The molecule has 1 fully saturated rings. The quantitative estimate of drug-likeness (QED) is 0.804. The van der Waals surface area contributed by atoms with E-state index < -0.39 is 0 Å². The molecule has 15 heavy (non-hydrogen) atoms. The fourth-order valence-corrected chi connectivity index (χ4v) is 2.26. The first kappa shape index (κ1) is 10.6. The molecule has 0 radical (unpaired) electrons. The minimum absolute atomic E-state index is 0.503. The van der Waals surface area contributed by atoms with Crippen molar-refractivity contribution >= 4 is 23.3 Å². The highest BCUT2D eigenvalue weighted by molar-refractivity contribution is 8.00. The van der Waals surface area contributed by atoms with Crippen LogP contribution in [0.2, 0.25) is 0 Å². The zero-order chi connectivity index (χ0) is 10.7. The van der Waals surface area contributed by atoms with Gasteiger partial charge in [0.15, 0.2) is 0 Å². The molecule has 0 aliphatic heterocycles. The number of anilines is 2. The van der Waals surface area contributed by atoms with Crippen molar-refractivity contribution in [3.05, 3.63) is 18.3 Å². The van der Waals surface area contributed by atoms with Gasteiger partial charge >= 0.3 is 0 Å². The van der Waals surface area contributed by atoms with Gasteiger partial charge in [0.25, 0.3) is 0 Å². The smallest absolute Gasteiger partial charge is 0.127 e. The number of hydrogen-bond acceptors (Lipinski definition) is 4. The van der Waals surface area contributed by atoms with Crippen LogP contribution in [0.25, 0.3) is 0 Å². The van der Waals surface area contributed by atoms with E-state index in [9.17, 15) is 0 Å². The molecule has 0 spiro atoms. The van der Waals surface area contributed by atoms with Crippen LogP contribution < -0.4 is 10.6 Å². The molecule has 2 N–H and O–H groups in total. The molecular weight excluding hydrogens is 206 g/mol. The number of nitrogens with zero attached hydrogens (tertiary/aromatic N) is 1. The molecule has 0 atom stereocenters.